The number of hydrogen-bond donors (Lipinski definition) is 2. The standard InChI is InChI=1S/C14H22FN3O/c1-4-10(3)9-18(5-2)13-7-6-11(15)8-12(13)14(16)17-19/h6-8,10,19H,4-5,9H2,1-3H3,(H2,16,17). The molecule has 19 heavy (non-hydrogen) atoms. The van der Waals surface area contributed by atoms with Crippen LogP contribution >= 0.6 is 0 Å². The van der Waals surface area contributed by atoms with Gasteiger partial charge in [-0.15, -0.1) is 0 Å². The minimum atomic E-state index is -0.398. The molecule has 0 aromatic heterocycles. The summed E-state index contributed by atoms with van der Waals surface area (Å²) < 4.78 is 13.3. The molecular formula is C14H22FN3O. The molecule has 0 saturated heterocycles. The van der Waals surface area contributed by atoms with E-state index < -0.39 is 5.82 Å². The molecule has 5 heteroatoms. The molecule has 0 bridgehead atoms. The van der Waals surface area contributed by atoms with Gasteiger partial charge < -0.3 is 15.8 Å². The highest BCUT2D eigenvalue weighted by Gasteiger charge is 2.15. The van der Waals surface area contributed by atoms with Gasteiger partial charge in [0.2, 0.25) is 0 Å². The van der Waals surface area contributed by atoms with E-state index in [-0.39, 0.29) is 5.84 Å². The Morgan fingerprint density at radius 1 is 1.47 bits per heavy atom. The smallest absolute Gasteiger partial charge is 0.172 e. The zero-order valence-electron chi connectivity index (χ0n) is 11.7. The van der Waals surface area contributed by atoms with Gasteiger partial charge in [-0.3, -0.25) is 0 Å². The molecule has 3 N–H and O–H groups in total. The van der Waals surface area contributed by atoms with E-state index >= 15 is 0 Å². The van der Waals surface area contributed by atoms with Crippen molar-refractivity contribution in [3.8, 4) is 0 Å². The predicted octanol–water partition coefficient (Wildman–Crippen LogP) is 2.79. The van der Waals surface area contributed by atoms with Crippen LogP contribution in [0.15, 0.2) is 23.4 Å². The van der Waals surface area contributed by atoms with Gasteiger partial charge in [-0.1, -0.05) is 25.4 Å². The fourth-order valence-electron chi connectivity index (χ4n) is 1.95. The van der Waals surface area contributed by atoms with Crippen molar-refractivity contribution in [1.82, 2.24) is 0 Å². The second-order valence-corrected chi connectivity index (χ2v) is 4.70. The molecule has 0 amide bonds. The molecule has 4 nitrogen and oxygen atoms in total. The number of halogens is 1. The van der Waals surface area contributed by atoms with Crippen LogP contribution in [0.3, 0.4) is 0 Å². The van der Waals surface area contributed by atoms with Crippen LogP contribution in [-0.4, -0.2) is 24.1 Å². The van der Waals surface area contributed by atoms with Crippen molar-refractivity contribution in [2.75, 3.05) is 18.0 Å². The number of oxime groups is 1. The lowest BCUT2D eigenvalue weighted by Crippen LogP contribution is -2.30. The van der Waals surface area contributed by atoms with E-state index in [2.05, 4.69) is 23.9 Å². The van der Waals surface area contributed by atoms with Gasteiger partial charge in [0.05, 0.1) is 0 Å². The summed E-state index contributed by atoms with van der Waals surface area (Å²) in [7, 11) is 0. The maximum absolute atomic E-state index is 13.3. The third-order valence-corrected chi connectivity index (χ3v) is 3.29. The van der Waals surface area contributed by atoms with Crippen LogP contribution in [0, 0.1) is 11.7 Å². The van der Waals surface area contributed by atoms with E-state index in [0.717, 1.165) is 25.2 Å². The van der Waals surface area contributed by atoms with Gasteiger partial charge in [0.15, 0.2) is 5.84 Å². The minimum absolute atomic E-state index is 0.0721. The van der Waals surface area contributed by atoms with Crippen LogP contribution in [0.2, 0.25) is 0 Å². The third kappa shape index (κ3) is 3.84. The molecule has 1 unspecified atom stereocenters. The van der Waals surface area contributed by atoms with E-state index in [1.54, 1.807) is 6.07 Å². The molecule has 1 aromatic rings. The van der Waals surface area contributed by atoms with Crippen molar-refractivity contribution in [3.05, 3.63) is 29.6 Å². The van der Waals surface area contributed by atoms with Gasteiger partial charge in [0.25, 0.3) is 0 Å². The summed E-state index contributed by atoms with van der Waals surface area (Å²) in [4.78, 5) is 2.11. The monoisotopic (exact) mass is 267 g/mol. The molecule has 0 heterocycles. The zero-order valence-corrected chi connectivity index (χ0v) is 11.7. The van der Waals surface area contributed by atoms with Crippen LogP contribution in [0.4, 0.5) is 10.1 Å². The van der Waals surface area contributed by atoms with E-state index in [1.807, 2.05) is 6.92 Å². The van der Waals surface area contributed by atoms with Gasteiger partial charge in [-0.25, -0.2) is 4.39 Å². The Balaban J connectivity index is 3.16. The van der Waals surface area contributed by atoms with Crippen LogP contribution in [0.1, 0.15) is 32.8 Å². The number of nitrogens with two attached hydrogens (primary N) is 1. The number of rotatable bonds is 6. The fraction of sp³-hybridized carbons (Fsp3) is 0.500. The Morgan fingerprint density at radius 3 is 2.68 bits per heavy atom. The summed E-state index contributed by atoms with van der Waals surface area (Å²) >= 11 is 0. The fourth-order valence-corrected chi connectivity index (χ4v) is 1.95. The van der Waals surface area contributed by atoms with Crippen molar-refractivity contribution >= 4 is 11.5 Å². The lowest BCUT2D eigenvalue weighted by atomic mass is 10.1. The molecule has 0 radical (unpaired) electrons. The Morgan fingerprint density at radius 2 is 2.16 bits per heavy atom. The molecule has 0 fully saturated rings. The third-order valence-electron chi connectivity index (χ3n) is 3.29. The molecule has 1 aromatic carbocycles. The Kier molecular flexibility index (Phi) is 5.60. The zero-order chi connectivity index (χ0) is 14.4. The summed E-state index contributed by atoms with van der Waals surface area (Å²) in [5.74, 6) is 0.0483. The number of amidine groups is 1. The predicted molar refractivity (Wildman–Crippen MR) is 76.3 cm³/mol. The summed E-state index contributed by atoms with van der Waals surface area (Å²) in [6.45, 7) is 7.96. The molecule has 0 aliphatic carbocycles. The van der Waals surface area contributed by atoms with Gasteiger partial charge >= 0.3 is 0 Å². The van der Waals surface area contributed by atoms with Crippen molar-refractivity contribution < 1.29 is 9.60 Å². The average molecular weight is 267 g/mol. The molecule has 0 aliphatic rings. The summed E-state index contributed by atoms with van der Waals surface area (Å²) in [5, 5.41) is 11.8. The molecule has 0 spiro atoms. The van der Waals surface area contributed by atoms with E-state index in [9.17, 15) is 4.39 Å². The summed E-state index contributed by atoms with van der Waals surface area (Å²) in [5.41, 5.74) is 6.84. The number of nitrogens with zero attached hydrogens (tertiary/aromatic N) is 2. The van der Waals surface area contributed by atoms with Gasteiger partial charge in [0, 0.05) is 24.3 Å². The Labute approximate surface area is 113 Å². The van der Waals surface area contributed by atoms with Gasteiger partial charge in [-0.2, -0.15) is 0 Å². The normalized spacial score (nSPS) is 13.4. The van der Waals surface area contributed by atoms with Crippen molar-refractivity contribution in [2.45, 2.75) is 27.2 Å². The average Bonchev–Trinajstić information content (AvgIpc) is 2.43. The number of benzene rings is 1. The van der Waals surface area contributed by atoms with Crippen LogP contribution in [0.5, 0.6) is 0 Å². The highest BCUT2D eigenvalue weighted by atomic mass is 19.1. The first-order valence-electron chi connectivity index (χ1n) is 6.55. The Hall–Kier alpha value is -1.78. The SMILES string of the molecule is CCC(C)CN(CC)c1ccc(F)cc1C(N)=NO. The molecular weight excluding hydrogens is 245 g/mol. The molecule has 1 rings (SSSR count). The first kappa shape index (κ1) is 15.3. The topological polar surface area (TPSA) is 61.8 Å². The van der Waals surface area contributed by atoms with E-state index in [1.165, 1.54) is 12.1 Å². The molecule has 1 atom stereocenters. The first-order valence-corrected chi connectivity index (χ1v) is 6.55. The number of anilines is 1. The molecule has 0 aliphatic heterocycles. The molecule has 106 valence electrons. The highest BCUT2D eigenvalue weighted by molar-refractivity contribution is 6.02. The Bertz CT molecular complexity index is 448. The van der Waals surface area contributed by atoms with Crippen LogP contribution in [-0.2, 0) is 0 Å². The van der Waals surface area contributed by atoms with Gasteiger partial charge in [0.1, 0.15) is 5.82 Å². The highest BCUT2D eigenvalue weighted by Crippen LogP contribution is 2.23. The second-order valence-electron chi connectivity index (χ2n) is 4.70. The number of hydrogen-bond acceptors (Lipinski definition) is 3. The summed E-state index contributed by atoms with van der Waals surface area (Å²) in [6.07, 6.45) is 1.07. The van der Waals surface area contributed by atoms with Crippen LogP contribution < -0.4 is 10.6 Å². The second kappa shape index (κ2) is 6.97. The largest absolute Gasteiger partial charge is 0.409 e. The summed E-state index contributed by atoms with van der Waals surface area (Å²) in [6, 6.07) is 4.36. The first-order chi connectivity index (χ1) is 9.03. The van der Waals surface area contributed by atoms with E-state index in [4.69, 9.17) is 10.9 Å². The lowest BCUT2D eigenvalue weighted by molar-refractivity contribution is 0.318. The lowest BCUT2D eigenvalue weighted by Gasteiger charge is -2.28. The maximum atomic E-state index is 13.3. The minimum Gasteiger partial charge on any atom is -0.409 e. The van der Waals surface area contributed by atoms with Crippen LogP contribution in [0.25, 0.3) is 0 Å². The van der Waals surface area contributed by atoms with Crippen molar-refractivity contribution in [1.29, 1.82) is 0 Å². The van der Waals surface area contributed by atoms with E-state index in [0.29, 0.717) is 11.5 Å². The maximum Gasteiger partial charge on any atom is 0.172 e. The van der Waals surface area contributed by atoms with Crippen molar-refractivity contribution in [3.63, 3.8) is 0 Å². The quantitative estimate of drug-likeness (QED) is 0.360. The molecule has 0 saturated carbocycles. The van der Waals surface area contributed by atoms with Crippen molar-refractivity contribution in [2.24, 2.45) is 16.8 Å². The van der Waals surface area contributed by atoms with Gasteiger partial charge in [-0.05, 0) is 31.0 Å².